The highest BCUT2D eigenvalue weighted by Gasteiger charge is 2.31. The van der Waals surface area contributed by atoms with Gasteiger partial charge in [0.05, 0.1) is 12.7 Å². The van der Waals surface area contributed by atoms with Gasteiger partial charge in [0.25, 0.3) is 5.92 Å². The van der Waals surface area contributed by atoms with Gasteiger partial charge in [0, 0.05) is 31.1 Å². The molecule has 1 aromatic carbocycles. The van der Waals surface area contributed by atoms with Crippen LogP contribution in [0.2, 0.25) is 0 Å². The average molecular weight is 285 g/mol. The molecular formula is C14H17F2NO3. The van der Waals surface area contributed by atoms with E-state index >= 15 is 0 Å². The first kappa shape index (κ1) is 13.6. The lowest BCUT2D eigenvalue weighted by molar-refractivity contribution is 0.0132. The van der Waals surface area contributed by atoms with E-state index in [-0.39, 0.29) is 11.7 Å². The number of nitrogens with one attached hydrogen (secondary N) is 1. The van der Waals surface area contributed by atoms with Crippen molar-refractivity contribution in [2.75, 3.05) is 32.9 Å². The van der Waals surface area contributed by atoms with Crippen molar-refractivity contribution in [2.45, 2.75) is 19.0 Å². The summed E-state index contributed by atoms with van der Waals surface area (Å²) in [4.78, 5) is 0. The maximum absolute atomic E-state index is 13.6. The van der Waals surface area contributed by atoms with Gasteiger partial charge in [0.2, 0.25) is 0 Å². The summed E-state index contributed by atoms with van der Waals surface area (Å²) in [6.45, 7) is 3.56. The minimum Gasteiger partial charge on any atom is -0.486 e. The first-order valence-corrected chi connectivity index (χ1v) is 6.70. The molecule has 0 radical (unpaired) electrons. The molecule has 0 aromatic heterocycles. The van der Waals surface area contributed by atoms with Crippen LogP contribution in [0.4, 0.5) is 8.78 Å². The zero-order chi connectivity index (χ0) is 14.2. The smallest absolute Gasteiger partial charge is 0.270 e. The second-order valence-electron chi connectivity index (χ2n) is 5.04. The summed E-state index contributed by atoms with van der Waals surface area (Å²) in [5, 5.41) is 3.19. The van der Waals surface area contributed by atoms with Gasteiger partial charge in [-0.05, 0) is 12.1 Å². The monoisotopic (exact) mass is 285 g/mol. The molecule has 110 valence electrons. The molecule has 2 aliphatic heterocycles. The zero-order valence-electron chi connectivity index (χ0n) is 11.2. The normalized spacial score (nSPS) is 22.6. The molecule has 1 aromatic rings. The molecule has 0 saturated carbocycles. The van der Waals surface area contributed by atoms with Crippen molar-refractivity contribution in [3.63, 3.8) is 0 Å². The highest BCUT2D eigenvalue weighted by molar-refractivity contribution is 5.52. The lowest BCUT2D eigenvalue weighted by Crippen LogP contribution is -2.34. The molecule has 1 unspecified atom stereocenters. The number of fused-ring (bicyclic) bond motifs is 1. The van der Waals surface area contributed by atoms with Crippen LogP contribution in [0.1, 0.15) is 24.2 Å². The van der Waals surface area contributed by atoms with E-state index in [4.69, 9.17) is 14.2 Å². The quantitative estimate of drug-likeness (QED) is 0.904. The number of hydrogen-bond donors (Lipinski definition) is 1. The first-order valence-electron chi connectivity index (χ1n) is 6.70. The fourth-order valence-electron chi connectivity index (χ4n) is 2.44. The second-order valence-corrected chi connectivity index (χ2v) is 5.04. The molecule has 1 atom stereocenters. The third-order valence-electron chi connectivity index (χ3n) is 3.45. The van der Waals surface area contributed by atoms with Crippen LogP contribution in [0.3, 0.4) is 0 Å². The van der Waals surface area contributed by atoms with Crippen molar-refractivity contribution in [3.8, 4) is 11.5 Å². The first-order chi connectivity index (χ1) is 9.55. The second kappa shape index (κ2) is 5.18. The van der Waals surface area contributed by atoms with Crippen molar-refractivity contribution in [1.82, 2.24) is 5.32 Å². The summed E-state index contributed by atoms with van der Waals surface area (Å²) >= 11 is 0. The number of hydrogen-bond acceptors (Lipinski definition) is 4. The average Bonchev–Trinajstić information content (AvgIpc) is 2.46. The van der Waals surface area contributed by atoms with Crippen molar-refractivity contribution in [1.29, 1.82) is 0 Å². The molecule has 2 heterocycles. The fraction of sp³-hybridized carbons (Fsp3) is 0.571. The van der Waals surface area contributed by atoms with Gasteiger partial charge >= 0.3 is 0 Å². The molecule has 0 aliphatic carbocycles. The molecule has 3 rings (SSSR count). The van der Waals surface area contributed by atoms with E-state index in [1.807, 2.05) is 0 Å². The van der Waals surface area contributed by atoms with E-state index in [9.17, 15) is 8.78 Å². The largest absolute Gasteiger partial charge is 0.486 e. The van der Waals surface area contributed by atoms with Gasteiger partial charge in [0.15, 0.2) is 11.5 Å². The van der Waals surface area contributed by atoms with Crippen LogP contribution in [-0.4, -0.2) is 32.9 Å². The van der Waals surface area contributed by atoms with Crippen LogP contribution in [0.15, 0.2) is 12.1 Å². The Kier molecular flexibility index (Phi) is 3.52. The van der Waals surface area contributed by atoms with Crippen LogP contribution in [-0.2, 0) is 10.7 Å². The zero-order valence-corrected chi connectivity index (χ0v) is 11.2. The third-order valence-corrected chi connectivity index (χ3v) is 3.45. The molecule has 20 heavy (non-hydrogen) atoms. The number of benzene rings is 1. The van der Waals surface area contributed by atoms with Gasteiger partial charge in [-0.3, -0.25) is 0 Å². The molecule has 0 amide bonds. The molecule has 1 N–H and O–H groups in total. The maximum atomic E-state index is 13.6. The Morgan fingerprint density at radius 1 is 1.20 bits per heavy atom. The number of halogens is 2. The minimum absolute atomic E-state index is 0.0778. The number of morpholine rings is 1. The SMILES string of the molecule is CC(F)(F)c1cc2c(c(C3CNCCO3)c1)OCCO2. The highest BCUT2D eigenvalue weighted by atomic mass is 19.3. The van der Waals surface area contributed by atoms with E-state index in [0.29, 0.717) is 43.4 Å². The summed E-state index contributed by atoms with van der Waals surface area (Å²) in [5.41, 5.74) is 0.553. The van der Waals surface area contributed by atoms with Crippen LogP contribution in [0, 0.1) is 0 Å². The Balaban J connectivity index is 2.05. The Morgan fingerprint density at radius 2 is 2.00 bits per heavy atom. The van der Waals surface area contributed by atoms with Gasteiger partial charge in [-0.15, -0.1) is 0 Å². The summed E-state index contributed by atoms with van der Waals surface area (Å²) in [6, 6.07) is 2.82. The van der Waals surface area contributed by atoms with Crippen LogP contribution in [0.5, 0.6) is 11.5 Å². The topological polar surface area (TPSA) is 39.7 Å². The highest BCUT2D eigenvalue weighted by Crippen LogP contribution is 2.43. The van der Waals surface area contributed by atoms with Crippen LogP contribution < -0.4 is 14.8 Å². The Labute approximate surface area is 116 Å². The van der Waals surface area contributed by atoms with Crippen molar-refractivity contribution in [2.24, 2.45) is 0 Å². The number of alkyl halides is 2. The molecular weight excluding hydrogens is 268 g/mol. The van der Waals surface area contributed by atoms with E-state index in [1.54, 1.807) is 0 Å². The molecule has 1 saturated heterocycles. The maximum Gasteiger partial charge on any atom is 0.270 e. The Morgan fingerprint density at radius 3 is 2.70 bits per heavy atom. The lowest BCUT2D eigenvalue weighted by atomic mass is 9.99. The van der Waals surface area contributed by atoms with Gasteiger partial charge in [0.1, 0.15) is 13.2 Å². The summed E-state index contributed by atoms with van der Waals surface area (Å²) in [7, 11) is 0. The van der Waals surface area contributed by atoms with Gasteiger partial charge < -0.3 is 19.5 Å². The number of rotatable bonds is 2. The fourth-order valence-corrected chi connectivity index (χ4v) is 2.44. The standard InChI is InChI=1S/C14H17F2NO3/c1-14(15,16)9-6-10(12-8-17-2-3-18-12)13-11(7-9)19-4-5-20-13/h6-7,12,17H,2-5,8H2,1H3. The molecule has 1 fully saturated rings. The molecule has 2 aliphatic rings. The summed E-state index contributed by atoms with van der Waals surface area (Å²) in [6.07, 6.45) is -0.290. The van der Waals surface area contributed by atoms with Crippen molar-refractivity contribution >= 4 is 0 Å². The van der Waals surface area contributed by atoms with E-state index in [2.05, 4.69) is 5.32 Å². The van der Waals surface area contributed by atoms with Gasteiger partial charge in [-0.1, -0.05) is 0 Å². The van der Waals surface area contributed by atoms with Crippen molar-refractivity contribution < 1.29 is 23.0 Å². The predicted molar refractivity (Wildman–Crippen MR) is 68.6 cm³/mol. The third kappa shape index (κ3) is 2.58. The Bertz CT molecular complexity index is 496. The summed E-state index contributed by atoms with van der Waals surface area (Å²) in [5.74, 6) is -2.02. The molecule has 0 bridgehead atoms. The van der Waals surface area contributed by atoms with E-state index in [0.717, 1.165) is 13.5 Å². The minimum atomic E-state index is -2.92. The van der Waals surface area contributed by atoms with Crippen molar-refractivity contribution in [3.05, 3.63) is 23.3 Å². The summed E-state index contributed by atoms with van der Waals surface area (Å²) < 4.78 is 43.9. The number of ether oxygens (including phenoxy) is 3. The van der Waals surface area contributed by atoms with E-state index in [1.165, 1.54) is 12.1 Å². The molecule has 4 nitrogen and oxygen atoms in total. The van der Waals surface area contributed by atoms with Gasteiger partial charge in [-0.2, -0.15) is 0 Å². The predicted octanol–water partition coefficient (Wildman–Crippen LogP) is 2.23. The van der Waals surface area contributed by atoms with Crippen LogP contribution >= 0.6 is 0 Å². The van der Waals surface area contributed by atoms with Crippen LogP contribution in [0.25, 0.3) is 0 Å². The van der Waals surface area contributed by atoms with E-state index < -0.39 is 5.92 Å². The molecule has 6 heteroatoms. The Hall–Kier alpha value is -1.40. The van der Waals surface area contributed by atoms with Gasteiger partial charge in [-0.25, -0.2) is 8.78 Å². The molecule has 0 spiro atoms. The lowest BCUT2D eigenvalue weighted by Gasteiger charge is -2.29.